The zero-order chi connectivity index (χ0) is 35.8. The Kier molecular flexibility index (Phi) is 29.2. The van der Waals surface area contributed by atoms with E-state index in [0.717, 1.165) is 38.5 Å². The van der Waals surface area contributed by atoms with Gasteiger partial charge in [-0.05, 0) is 57.8 Å². The highest BCUT2D eigenvalue weighted by Gasteiger charge is 2.21. The van der Waals surface area contributed by atoms with E-state index in [9.17, 15) is 33.9 Å². The average molecular weight is 683 g/mol. The quantitative estimate of drug-likeness (QED) is 0.0482. The Morgan fingerprint density at radius 3 is 1.52 bits per heavy atom. The van der Waals surface area contributed by atoms with Crippen LogP contribution in [0.2, 0.25) is 0 Å². The summed E-state index contributed by atoms with van der Waals surface area (Å²) in [6.45, 7) is 0.834. The number of hydrogen-bond donors (Lipinski definition) is 7. The minimum Gasteiger partial charge on any atom is -0.481 e. The van der Waals surface area contributed by atoms with Gasteiger partial charge in [0.2, 0.25) is 24.0 Å². The normalized spacial score (nSPS) is 12.9. The highest BCUT2D eigenvalue weighted by atomic mass is 16.4. The van der Waals surface area contributed by atoms with Crippen molar-refractivity contribution in [3.63, 3.8) is 0 Å². The molecule has 0 spiro atoms. The number of carboxylic acid groups (broad SMARTS) is 2. The van der Waals surface area contributed by atoms with E-state index in [0.29, 0.717) is 58.0 Å². The molecule has 0 bridgehead atoms. The van der Waals surface area contributed by atoms with Gasteiger partial charge in [0.1, 0.15) is 6.04 Å². The summed E-state index contributed by atoms with van der Waals surface area (Å²) in [6.07, 6.45) is 21.0. The molecule has 0 aromatic heterocycles. The third kappa shape index (κ3) is 29.1. The van der Waals surface area contributed by atoms with Gasteiger partial charge in [0.05, 0.1) is 12.1 Å². The van der Waals surface area contributed by atoms with E-state index < -0.39 is 30.1 Å². The van der Waals surface area contributed by atoms with Crippen molar-refractivity contribution in [2.75, 3.05) is 13.1 Å². The lowest BCUT2D eigenvalue weighted by molar-refractivity contribution is -0.142. The maximum absolute atomic E-state index is 12.3. The molecule has 0 aliphatic carbocycles. The Hall–Kier alpha value is -3.06. The second kappa shape index (κ2) is 31.2. The van der Waals surface area contributed by atoms with E-state index in [2.05, 4.69) is 16.0 Å². The van der Waals surface area contributed by atoms with E-state index >= 15 is 0 Å². The summed E-state index contributed by atoms with van der Waals surface area (Å²) < 4.78 is 0. The van der Waals surface area contributed by atoms with Crippen LogP contribution in [-0.4, -0.2) is 77.4 Å². The Morgan fingerprint density at radius 1 is 0.542 bits per heavy atom. The van der Waals surface area contributed by atoms with Crippen LogP contribution in [0, 0.1) is 0 Å². The molecule has 0 heterocycles. The Bertz CT molecular complexity index is 904. The molecule has 0 rings (SSSR count). The third-order valence-corrected chi connectivity index (χ3v) is 8.33. The molecule has 3 amide bonds. The van der Waals surface area contributed by atoms with Crippen molar-refractivity contribution in [1.82, 2.24) is 16.0 Å². The fraction of sp³-hybridized carbons (Fsp3) is 0.829. The smallest absolute Gasteiger partial charge is 0.326 e. The second-order valence-electron chi connectivity index (χ2n) is 12.8. The Balaban J connectivity index is 3.79. The molecule has 277 valence electrons. The van der Waals surface area contributed by atoms with Crippen molar-refractivity contribution in [1.29, 1.82) is 0 Å². The summed E-state index contributed by atoms with van der Waals surface area (Å²) in [5.41, 5.74) is 11.4. The van der Waals surface area contributed by atoms with E-state index in [-0.39, 0.29) is 43.4 Å². The number of nitrogens with one attached hydrogen (secondary N) is 3. The SMILES string of the molecule is N[C@H]([C]=O)CCCCNC(=O)[C@@H](N)CCCCNC(=O)CC[C@H](NC(=O)CCCCCCCCCCCCCCCCC(=O)O)C(=O)O. The van der Waals surface area contributed by atoms with E-state index in [1.54, 1.807) is 6.29 Å². The molecule has 0 saturated carbocycles. The van der Waals surface area contributed by atoms with Crippen molar-refractivity contribution in [2.24, 2.45) is 11.5 Å². The van der Waals surface area contributed by atoms with Crippen molar-refractivity contribution in [3.05, 3.63) is 0 Å². The molecule has 0 fully saturated rings. The predicted octanol–water partition coefficient (Wildman–Crippen LogP) is 4.00. The zero-order valence-electron chi connectivity index (χ0n) is 29.1. The minimum atomic E-state index is -1.16. The van der Waals surface area contributed by atoms with Crippen LogP contribution in [0.1, 0.15) is 154 Å². The van der Waals surface area contributed by atoms with Crippen molar-refractivity contribution in [2.45, 2.75) is 172 Å². The standard InChI is InChI=1S/C35H64N5O8/c36-28(27-41)19-15-17-26-39-34(46)29(37)20-16-18-25-38-31(42)24-23-30(35(47)48)40-32(43)21-13-11-9-7-5-3-1-2-4-6-8-10-12-14-22-33(44)45/h28-30H,1-26,36-37H2,(H,38,42)(H,39,46)(H,40,43)(H,44,45)(H,47,48)/t28-,29-,30-/m0/s1. The number of amides is 3. The first-order valence-electron chi connectivity index (χ1n) is 18.2. The summed E-state index contributed by atoms with van der Waals surface area (Å²) in [4.78, 5) is 69.0. The second-order valence-corrected chi connectivity index (χ2v) is 12.8. The molecule has 0 saturated heterocycles. The number of carboxylic acids is 2. The van der Waals surface area contributed by atoms with Gasteiger partial charge in [-0.1, -0.05) is 77.0 Å². The predicted molar refractivity (Wildman–Crippen MR) is 186 cm³/mol. The minimum absolute atomic E-state index is 0.00405. The van der Waals surface area contributed by atoms with E-state index in [1.165, 1.54) is 44.9 Å². The number of nitrogens with two attached hydrogens (primary N) is 2. The largest absolute Gasteiger partial charge is 0.481 e. The van der Waals surface area contributed by atoms with Gasteiger partial charge in [-0.15, -0.1) is 0 Å². The Morgan fingerprint density at radius 2 is 1.02 bits per heavy atom. The van der Waals surface area contributed by atoms with Crippen LogP contribution in [-0.2, 0) is 28.8 Å². The van der Waals surface area contributed by atoms with Crippen LogP contribution in [0.25, 0.3) is 0 Å². The first-order valence-corrected chi connectivity index (χ1v) is 18.2. The number of unbranched alkanes of at least 4 members (excludes halogenated alkanes) is 15. The zero-order valence-corrected chi connectivity index (χ0v) is 29.1. The van der Waals surface area contributed by atoms with Crippen molar-refractivity contribution < 1.29 is 39.0 Å². The molecular weight excluding hydrogens is 618 g/mol. The number of carbonyl (C=O) groups excluding carboxylic acids is 4. The molecule has 0 aromatic rings. The molecule has 13 nitrogen and oxygen atoms in total. The van der Waals surface area contributed by atoms with Crippen LogP contribution in [0.3, 0.4) is 0 Å². The average Bonchev–Trinajstić information content (AvgIpc) is 3.05. The first kappa shape index (κ1) is 44.9. The number of hydrogen-bond acceptors (Lipinski definition) is 8. The molecule has 0 aliphatic rings. The van der Waals surface area contributed by atoms with Gasteiger partial charge in [0.15, 0.2) is 0 Å². The summed E-state index contributed by atoms with van der Waals surface area (Å²) in [5, 5.41) is 26.2. The first-order chi connectivity index (χ1) is 23.1. The fourth-order valence-electron chi connectivity index (χ4n) is 5.31. The molecule has 48 heavy (non-hydrogen) atoms. The number of rotatable bonds is 34. The maximum Gasteiger partial charge on any atom is 0.326 e. The maximum atomic E-state index is 12.3. The van der Waals surface area contributed by atoms with Crippen LogP contribution >= 0.6 is 0 Å². The topological polar surface area (TPSA) is 231 Å². The highest BCUT2D eigenvalue weighted by molar-refractivity contribution is 5.84. The van der Waals surface area contributed by atoms with Crippen molar-refractivity contribution in [3.8, 4) is 0 Å². The third-order valence-electron chi connectivity index (χ3n) is 8.33. The van der Waals surface area contributed by atoms with Crippen LogP contribution < -0.4 is 27.4 Å². The summed E-state index contributed by atoms with van der Waals surface area (Å²) >= 11 is 0. The lowest BCUT2D eigenvalue weighted by Gasteiger charge is -2.15. The van der Waals surface area contributed by atoms with Gasteiger partial charge >= 0.3 is 11.9 Å². The van der Waals surface area contributed by atoms with Crippen LogP contribution in [0.4, 0.5) is 0 Å². The molecule has 0 aliphatic heterocycles. The molecule has 0 unspecified atom stereocenters. The van der Waals surface area contributed by atoms with Gasteiger partial charge in [0, 0.05) is 32.4 Å². The molecule has 1 radical (unpaired) electrons. The van der Waals surface area contributed by atoms with Crippen LogP contribution in [0.5, 0.6) is 0 Å². The monoisotopic (exact) mass is 682 g/mol. The van der Waals surface area contributed by atoms with Gasteiger partial charge in [-0.3, -0.25) is 24.0 Å². The molecule has 13 heteroatoms. The molecule has 3 atom stereocenters. The lowest BCUT2D eigenvalue weighted by Crippen LogP contribution is -2.41. The van der Waals surface area contributed by atoms with Gasteiger partial charge in [-0.25, -0.2) is 4.79 Å². The van der Waals surface area contributed by atoms with Gasteiger partial charge in [0.25, 0.3) is 0 Å². The fourth-order valence-corrected chi connectivity index (χ4v) is 5.31. The van der Waals surface area contributed by atoms with E-state index in [1.807, 2.05) is 0 Å². The van der Waals surface area contributed by atoms with Gasteiger partial charge < -0.3 is 37.6 Å². The lowest BCUT2D eigenvalue weighted by atomic mass is 10.0. The molecule has 0 aromatic carbocycles. The highest BCUT2D eigenvalue weighted by Crippen LogP contribution is 2.14. The summed E-state index contributed by atoms with van der Waals surface area (Å²) in [7, 11) is 0. The Labute approximate surface area is 287 Å². The number of aliphatic carboxylic acids is 2. The summed E-state index contributed by atoms with van der Waals surface area (Å²) in [6, 6.07) is -2.36. The van der Waals surface area contributed by atoms with Crippen LogP contribution in [0.15, 0.2) is 0 Å². The molecule has 9 N–H and O–H groups in total. The molecular formula is C35H64N5O8. The van der Waals surface area contributed by atoms with Crippen molar-refractivity contribution >= 4 is 35.9 Å². The van der Waals surface area contributed by atoms with E-state index in [4.69, 9.17) is 16.6 Å². The summed E-state index contributed by atoms with van der Waals surface area (Å²) in [5.74, 6) is -2.74. The van der Waals surface area contributed by atoms with Gasteiger partial charge in [-0.2, -0.15) is 0 Å². The number of carbonyl (C=O) groups is 5.